The van der Waals surface area contributed by atoms with Crippen LogP contribution in [0.25, 0.3) is 0 Å². The van der Waals surface area contributed by atoms with E-state index >= 15 is 0 Å². The Morgan fingerprint density at radius 3 is 1.88 bits per heavy atom. The molecule has 5 aliphatic carbocycles. The highest BCUT2D eigenvalue weighted by atomic mass is 16.8. The fourth-order valence-electron chi connectivity index (χ4n) is 15.6. The molecule has 0 aromatic rings. The highest BCUT2D eigenvalue weighted by Crippen LogP contribution is 2.89. The Morgan fingerprint density at radius 2 is 1.24 bits per heavy atom. The number of hydrogen-bond donors (Lipinski definition) is 13. The third-order valence-corrected chi connectivity index (χ3v) is 19.5. The molecular formula is C47H80O19. The Balaban J connectivity index is 1.22. The molecule has 8 fully saturated rings. The van der Waals surface area contributed by atoms with Crippen LogP contribution in [0.4, 0.5) is 0 Å². The summed E-state index contributed by atoms with van der Waals surface area (Å²) >= 11 is 0. The number of aliphatic hydroxyl groups excluding tert-OH is 12. The minimum Gasteiger partial charge on any atom is -0.394 e. The summed E-state index contributed by atoms with van der Waals surface area (Å²) in [7, 11) is 0. The Morgan fingerprint density at radius 1 is 0.652 bits per heavy atom. The molecule has 19 nitrogen and oxygen atoms in total. The second-order valence-electron chi connectivity index (χ2n) is 23.6. The van der Waals surface area contributed by atoms with Crippen LogP contribution in [0.2, 0.25) is 0 Å². The molecule has 3 aliphatic heterocycles. The Bertz CT molecular complexity index is 1720. The third-order valence-electron chi connectivity index (χ3n) is 19.5. The van der Waals surface area contributed by atoms with Crippen molar-refractivity contribution in [2.45, 2.75) is 228 Å². The van der Waals surface area contributed by atoms with E-state index in [1.807, 2.05) is 6.92 Å². The fourth-order valence-corrected chi connectivity index (χ4v) is 15.6. The number of aliphatic hydroxyl groups is 13. The van der Waals surface area contributed by atoms with Gasteiger partial charge in [-0.1, -0.05) is 27.7 Å². The summed E-state index contributed by atoms with van der Waals surface area (Å²) in [6, 6.07) is 0. The van der Waals surface area contributed by atoms with E-state index in [1.165, 1.54) is 13.8 Å². The van der Waals surface area contributed by atoms with Crippen LogP contribution in [0.1, 0.15) is 113 Å². The van der Waals surface area contributed by atoms with Crippen molar-refractivity contribution < 1.29 is 94.8 Å². The van der Waals surface area contributed by atoms with Gasteiger partial charge in [0.1, 0.15) is 67.1 Å². The van der Waals surface area contributed by atoms with Gasteiger partial charge < -0.3 is 94.8 Å². The zero-order chi connectivity index (χ0) is 48.5. The molecule has 0 radical (unpaired) electrons. The van der Waals surface area contributed by atoms with Crippen molar-refractivity contribution in [3.63, 3.8) is 0 Å². The molecule has 0 bridgehead atoms. The highest BCUT2D eigenvalue weighted by Gasteiger charge is 2.83. The second-order valence-corrected chi connectivity index (χ2v) is 23.6. The third kappa shape index (κ3) is 7.89. The molecule has 13 N–H and O–H groups in total. The maximum absolute atomic E-state index is 11.7. The van der Waals surface area contributed by atoms with E-state index in [0.29, 0.717) is 18.8 Å². The first kappa shape index (κ1) is 51.6. The molecule has 0 aromatic heterocycles. The van der Waals surface area contributed by atoms with Gasteiger partial charge in [0.15, 0.2) is 18.9 Å². The van der Waals surface area contributed by atoms with Crippen LogP contribution in [0.5, 0.6) is 0 Å². The summed E-state index contributed by atoms with van der Waals surface area (Å²) in [6.45, 7) is 11.8. The average Bonchev–Trinajstić information content (AvgIpc) is 3.86. The van der Waals surface area contributed by atoms with Gasteiger partial charge in [-0.15, -0.1) is 0 Å². The normalized spacial score (nSPS) is 53.7. The van der Waals surface area contributed by atoms with Crippen LogP contribution in [0.3, 0.4) is 0 Å². The molecule has 2 spiro atoms. The van der Waals surface area contributed by atoms with Crippen molar-refractivity contribution in [3.8, 4) is 0 Å². The SMILES string of the molecule is CC(C)(O)[C@@H](O)CC[C@](C)(O[C@@H]1OC[C@H](O)[C@H](O)[C@H]1O)[C@H]1[C@@H](O[C@@H]2O[C@H](CO)[C@@H](O)[C@H](O)[C@H]2O[C@@H]2O[C@H](CO)[C@@H](O)[C@H](O)[C@H]2O)C[C@@]2(C)[C@@H]3CC[C@H]4C(C)(C)[C@@H](O)CC[C@@]45C[C@@]35CC[C@]12C. The van der Waals surface area contributed by atoms with E-state index in [9.17, 15) is 66.4 Å². The van der Waals surface area contributed by atoms with Crippen LogP contribution in [-0.2, 0) is 28.4 Å². The number of hydrogen-bond acceptors (Lipinski definition) is 19. The maximum atomic E-state index is 11.7. The molecule has 3 saturated heterocycles. The predicted octanol–water partition coefficient (Wildman–Crippen LogP) is -1.47. The van der Waals surface area contributed by atoms with E-state index in [0.717, 1.165) is 38.5 Å². The molecule has 19 heteroatoms. The summed E-state index contributed by atoms with van der Waals surface area (Å²) in [5, 5.41) is 142. The van der Waals surface area contributed by atoms with Crippen molar-refractivity contribution in [1.29, 1.82) is 0 Å². The lowest BCUT2D eigenvalue weighted by Crippen LogP contribution is -2.65. The summed E-state index contributed by atoms with van der Waals surface area (Å²) in [5.74, 6) is -0.204. The molecule has 382 valence electrons. The zero-order valence-electron chi connectivity index (χ0n) is 39.5. The quantitative estimate of drug-likeness (QED) is 0.100. The maximum Gasteiger partial charge on any atom is 0.187 e. The molecule has 0 aromatic carbocycles. The first-order valence-corrected chi connectivity index (χ1v) is 24.3. The summed E-state index contributed by atoms with van der Waals surface area (Å²) < 4.78 is 38.0. The van der Waals surface area contributed by atoms with Gasteiger partial charge in [0, 0.05) is 5.92 Å². The van der Waals surface area contributed by atoms with Crippen molar-refractivity contribution in [2.24, 2.45) is 44.8 Å². The summed E-state index contributed by atoms with van der Waals surface area (Å²) in [6.07, 6.45) is -19.0. The van der Waals surface area contributed by atoms with Crippen LogP contribution in [-0.4, -0.2) is 202 Å². The number of rotatable bonds is 13. The first-order valence-electron chi connectivity index (χ1n) is 24.3. The number of ether oxygens (including phenoxy) is 6. The topological polar surface area (TPSA) is 318 Å². The molecule has 3 heterocycles. The van der Waals surface area contributed by atoms with Gasteiger partial charge in [0.25, 0.3) is 0 Å². The molecule has 66 heavy (non-hydrogen) atoms. The monoisotopic (exact) mass is 949 g/mol. The van der Waals surface area contributed by atoms with E-state index in [4.69, 9.17) is 28.4 Å². The lowest BCUT2D eigenvalue weighted by molar-refractivity contribution is -0.376. The van der Waals surface area contributed by atoms with Gasteiger partial charge in [-0.3, -0.25) is 0 Å². The molecule has 5 saturated carbocycles. The van der Waals surface area contributed by atoms with E-state index in [-0.39, 0.29) is 41.6 Å². The highest BCUT2D eigenvalue weighted by molar-refractivity contribution is 5.32. The molecule has 8 rings (SSSR count). The molecule has 8 aliphatic rings. The zero-order valence-corrected chi connectivity index (χ0v) is 39.5. The predicted molar refractivity (Wildman–Crippen MR) is 228 cm³/mol. The van der Waals surface area contributed by atoms with Crippen molar-refractivity contribution >= 4 is 0 Å². The summed E-state index contributed by atoms with van der Waals surface area (Å²) in [5.41, 5.74) is -4.40. The standard InChI is InChI=1S/C47H80O19/c1-41(2)25-8-9-26-44(6)16-22(62-40-36(33(57)31(55)24(18-49)64-40)65-39-35(59)32(56)30(54)23(17-48)63-39)37(43(44,5)14-15-47(26)20-46(25,47)13-11-27(41)51)45(7,12-10-28(52)42(3,4)60)66-38-34(58)29(53)21(50)19-61-38/h21-40,48-60H,8-20H2,1-7H3/t21-,22-,23+,24+,25-,26-,27-,28-,29-,30+,31+,32-,33-,34+,35+,36+,37-,38-,39-,40+,43+,44-,45-,46+,47-/m0/s1. The van der Waals surface area contributed by atoms with E-state index in [2.05, 4.69) is 27.7 Å². The minimum atomic E-state index is -1.89. The van der Waals surface area contributed by atoms with Crippen molar-refractivity contribution in [3.05, 3.63) is 0 Å². The lowest BCUT2D eigenvalue weighted by atomic mass is 9.41. The van der Waals surface area contributed by atoms with Gasteiger partial charge in [-0.25, -0.2) is 0 Å². The van der Waals surface area contributed by atoms with Crippen LogP contribution in [0, 0.1) is 44.8 Å². The largest absolute Gasteiger partial charge is 0.394 e. The van der Waals surface area contributed by atoms with Crippen molar-refractivity contribution in [1.82, 2.24) is 0 Å². The minimum absolute atomic E-state index is 0.000158. The van der Waals surface area contributed by atoms with Gasteiger partial charge in [0.2, 0.25) is 0 Å². The molecule has 0 amide bonds. The van der Waals surface area contributed by atoms with Gasteiger partial charge in [0.05, 0.1) is 49.3 Å². The Hall–Kier alpha value is -0.760. The average molecular weight is 949 g/mol. The Labute approximate surface area is 386 Å². The van der Waals surface area contributed by atoms with E-state index in [1.54, 1.807) is 0 Å². The Kier molecular flexibility index (Phi) is 13.9. The van der Waals surface area contributed by atoms with Gasteiger partial charge >= 0.3 is 0 Å². The summed E-state index contributed by atoms with van der Waals surface area (Å²) in [4.78, 5) is 0. The van der Waals surface area contributed by atoms with E-state index < -0.39 is 145 Å². The smallest absolute Gasteiger partial charge is 0.187 e. The molecule has 0 unspecified atom stereocenters. The van der Waals surface area contributed by atoms with Crippen LogP contribution >= 0.6 is 0 Å². The van der Waals surface area contributed by atoms with Gasteiger partial charge in [-0.05, 0) is 124 Å². The first-order chi connectivity index (χ1) is 30.7. The fraction of sp³-hybridized carbons (Fsp3) is 1.00. The number of fused-ring (bicyclic) bond motifs is 2. The molecule has 25 atom stereocenters. The lowest BCUT2D eigenvalue weighted by Gasteiger charge is -2.64. The second kappa shape index (κ2) is 17.8. The van der Waals surface area contributed by atoms with Crippen molar-refractivity contribution in [2.75, 3.05) is 19.8 Å². The van der Waals surface area contributed by atoms with Crippen LogP contribution in [0.15, 0.2) is 0 Å². The molecular weight excluding hydrogens is 868 g/mol. The van der Waals surface area contributed by atoms with Crippen LogP contribution < -0.4 is 0 Å². The van der Waals surface area contributed by atoms with Gasteiger partial charge in [-0.2, -0.15) is 0 Å².